The largest absolute Gasteiger partial charge is 0.385 e. The molecule has 0 aromatic carbocycles. The Hall–Kier alpha value is -0.0800. The number of halogens is 1. The van der Waals surface area contributed by atoms with E-state index in [1.165, 1.54) is 19.3 Å². The number of methoxy groups -OCH3 is 1. The standard InChI is InChI=1S/C17H36N4O.HI/c1-6-21(15(2)3)12-11-19-16(18-4)20-14-17(8-7-9-17)10-13-22-5;/h15H,6-14H2,1-5H3,(H2,18,19,20);1H. The molecule has 0 radical (unpaired) electrons. The predicted molar refractivity (Wildman–Crippen MR) is 110 cm³/mol. The van der Waals surface area contributed by atoms with Crippen LogP contribution in [-0.2, 0) is 4.74 Å². The normalized spacial score (nSPS) is 16.9. The molecule has 1 aliphatic rings. The fraction of sp³-hybridized carbons (Fsp3) is 0.941. The molecule has 0 atom stereocenters. The lowest BCUT2D eigenvalue weighted by Crippen LogP contribution is -2.48. The molecule has 0 heterocycles. The number of aliphatic imine (C=N–C) groups is 1. The summed E-state index contributed by atoms with van der Waals surface area (Å²) in [5.74, 6) is 0.920. The average molecular weight is 440 g/mol. The van der Waals surface area contributed by atoms with Crippen molar-refractivity contribution >= 4 is 29.9 Å². The van der Waals surface area contributed by atoms with Gasteiger partial charge in [0.15, 0.2) is 5.96 Å². The third-order valence-electron chi connectivity index (χ3n) is 4.93. The van der Waals surface area contributed by atoms with Gasteiger partial charge in [-0.25, -0.2) is 0 Å². The van der Waals surface area contributed by atoms with Crippen molar-refractivity contribution < 1.29 is 4.74 Å². The smallest absolute Gasteiger partial charge is 0.191 e. The van der Waals surface area contributed by atoms with E-state index in [0.29, 0.717) is 11.5 Å². The summed E-state index contributed by atoms with van der Waals surface area (Å²) in [4.78, 5) is 6.79. The summed E-state index contributed by atoms with van der Waals surface area (Å²) in [6.45, 7) is 11.6. The zero-order chi connectivity index (χ0) is 16.4. The van der Waals surface area contributed by atoms with Gasteiger partial charge in [-0.1, -0.05) is 13.3 Å². The number of nitrogens with zero attached hydrogens (tertiary/aromatic N) is 2. The number of likely N-dealkylation sites (N-methyl/N-ethyl adjacent to an activating group) is 1. The summed E-state index contributed by atoms with van der Waals surface area (Å²) in [6, 6.07) is 0.592. The van der Waals surface area contributed by atoms with Crippen molar-refractivity contribution in [1.82, 2.24) is 15.5 Å². The van der Waals surface area contributed by atoms with Gasteiger partial charge in [-0.15, -0.1) is 24.0 Å². The molecule has 0 unspecified atom stereocenters. The van der Waals surface area contributed by atoms with Gasteiger partial charge in [-0.2, -0.15) is 0 Å². The Kier molecular flexibility index (Phi) is 12.3. The van der Waals surface area contributed by atoms with E-state index in [1.54, 1.807) is 7.11 Å². The van der Waals surface area contributed by atoms with Gasteiger partial charge >= 0.3 is 0 Å². The highest BCUT2D eigenvalue weighted by molar-refractivity contribution is 14.0. The van der Waals surface area contributed by atoms with Crippen molar-refractivity contribution in [2.45, 2.75) is 52.5 Å². The van der Waals surface area contributed by atoms with E-state index in [2.05, 4.69) is 41.3 Å². The molecule has 23 heavy (non-hydrogen) atoms. The van der Waals surface area contributed by atoms with Gasteiger partial charge in [-0.3, -0.25) is 9.89 Å². The van der Waals surface area contributed by atoms with E-state index >= 15 is 0 Å². The molecule has 0 aromatic rings. The minimum Gasteiger partial charge on any atom is -0.385 e. The molecule has 0 aliphatic heterocycles. The molecule has 1 fully saturated rings. The van der Waals surface area contributed by atoms with Crippen molar-refractivity contribution in [2.75, 3.05) is 46.9 Å². The summed E-state index contributed by atoms with van der Waals surface area (Å²) >= 11 is 0. The fourth-order valence-corrected chi connectivity index (χ4v) is 3.10. The Labute approximate surface area is 160 Å². The van der Waals surface area contributed by atoms with Crippen LogP contribution in [0.1, 0.15) is 46.5 Å². The summed E-state index contributed by atoms with van der Waals surface area (Å²) in [5, 5.41) is 6.94. The second kappa shape index (κ2) is 12.3. The molecule has 1 rings (SSSR count). The Morgan fingerprint density at radius 2 is 2.00 bits per heavy atom. The van der Waals surface area contributed by atoms with Gasteiger partial charge in [0.25, 0.3) is 0 Å². The summed E-state index contributed by atoms with van der Waals surface area (Å²) < 4.78 is 5.25. The Balaban J connectivity index is 0.00000484. The van der Waals surface area contributed by atoms with E-state index in [0.717, 1.165) is 45.2 Å². The molecule has 1 aliphatic carbocycles. The number of ether oxygens (including phenoxy) is 1. The van der Waals surface area contributed by atoms with Gasteiger partial charge in [0, 0.05) is 46.4 Å². The van der Waals surface area contributed by atoms with Crippen molar-refractivity contribution in [2.24, 2.45) is 10.4 Å². The second-order valence-electron chi connectivity index (χ2n) is 6.67. The maximum absolute atomic E-state index is 5.25. The minimum atomic E-state index is 0. The highest BCUT2D eigenvalue weighted by Gasteiger charge is 2.36. The molecule has 2 N–H and O–H groups in total. The number of guanidine groups is 1. The van der Waals surface area contributed by atoms with Crippen LogP contribution < -0.4 is 10.6 Å². The Morgan fingerprint density at radius 3 is 2.43 bits per heavy atom. The minimum absolute atomic E-state index is 0. The van der Waals surface area contributed by atoms with Crippen LogP contribution in [0.3, 0.4) is 0 Å². The van der Waals surface area contributed by atoms with Crippen LogP contribution in [-0.4, -0.2) is 63.8 Å². The van der Waals surface area contributed by atoms with E-state index in [1.807, 2.05) is 7.05 Å². The van der Waals surface area contributed by atoms with Gasteiger partial charge in [0.2, 0.25) is 0 Å². The topological polar surface area (TPSA) is 48.9 Å². The third-order valence-corrected chi connectivity index (χ3v) is 4.93. The van der Waals surface area contributed by atoms with Gasteiger partial charge in [0.05, 0.1) is 0 Å². The fourth-order valence-electron chi connectivity index (χ4n) is 3.10. The van der Waals surface area contributed by atoms with E-state index in [-0.39, 0.29) is 24.0 Å². The maximum atomic E-state index is 5.25. The molecule has 0 saturated heterocycles. The first kappa shape index (κ1) is 22.9. The van der Waals surface area contributed by atoms with Crippen LogP contribution in [0.25, 0.3) is 0 Å². The molecule has 6 heteroatoms. The predicted octanol–water partition coefficient (Wildman–Crippen LogP) is 2.71. The monoisotopic (exact) mass is 440 g/mol. The number of hydrogen-bond donors (Lipinski definition) is 2. The van der Waals surface area contributed by atoms with Gasteiger partial charge in [0.1, 0.15) is 0 Å². The zero-order valence-corrected chi connectivity index (χ0v) is 18.0. The highest BCUT2D eigenvalue weighted by atomic mass is 127. The van der Waals surface area contributed by atoms with E-state index in [4.69, 9.17) is 4.74 Å². The van der Waals surface area contributed by atoms with Crippen LogP contribution in [0.5, 0.6) is 0 Å². The van der Waals surface area contributed by atoms with Gasteiger partial charge in [-0.05, 0) is 45.1 Å². The molecule has 1 saturated carbocycles. The maximum Gasteiger partial charge on any atom is 0.191 e. The van der Waals surface area contributed by atoms with Gasteiger partial charge < -0.3 is 15.4 Å². The molecule has 0 bridgehead atoms. The SMILES string of the molecule is CCN(CCNC(=NC)NCC1(CCOC)CCC1)C(C)C.I. The van der Waals surface area contributed by atoms with Crippen molar-refractivity contribution in [3.8, 4) is 0 Å². The molecule has 138 valence electrons. The summed E-state index contributed by atoms with van der Waals surface area (Å²) in [5.41, 5.74) is 0.418. The molecular weight excluding hydrogens is 403 g/mol. The zero-order valence-electron chi connectivity index (χ0n) is 15.7. The number of rotatable bonds is 10. The third kappa shape index (κ3) is 8.03. The van der Waals surface area contributed by atoms with Crippen molar-refractivity contribution in [1.29, 1.82) is 0 Å². The lowest BCUT2D eigenvalue weighted by molar-refractivity contribution is 0.0732. The van der Waals surface area contributed by atoms with Crippen LogP contribution in [0.4, 0.5) is 0 Å². The lowest BCUT2D eigenvalue weighted by atomic mass is 9.67. The van der Waals surface area contributed by atoms with Crippen LogP contribution in [0, 0.1) is 5.41 Å². The molecular formula is C17H37IN4O. The first-order chi connectivity index (χ1) is 10.6. The lowest BCUT2D eigenvalue weighted by Gasteiger charge is -2.42. The van der Waals surface area contributed by atoms with E-state index in [9.17, 15) is 0 Å². The molecule has 0 amide bonds. The van der Waals surface area contributed by atoms with Crippen molar-refractivity contribution in [3.05, 3.63) is 0 Å². The Morgan fingerprint density at radius 1 is 1.30 bits per heavy atom. The molecule has 0 aromatic heterocycles. The first-order valence-corrected chi connectivity index (χ1v) is 8.74. The Bertz CT molecular complexity index is 333. The van der Waals surface area contributed by atoms with Crippen LogP contribution in [0.15, 0.2) is 4.99 Å². The van der Waals surface area contributed by atoms with E-state index < -0.39 is 0 Å². The summed E-state index contributed by atoms with van der Waals surface area (Å²) in [7, 11) is 3.63. The first-order valence-electron chi connectivity index (χ1n) is 8.74. The van der Waals surface area contributed by atoms with Crippen molar-refractivity contribution in [3.63, 3.8) is 0 Å². The average Bonchev–Trinajstić information content (AvgIpc) is 2.47. The van der Waals surface area contributed by atoms with Crippen LogP contribution >= 0.6 is 24.0 Å². The highest BCUT2D eigenvalue weighted by Crippen LogP contribution is 2.43. The number of hydrogen-bond acceptors (Lipinski definition) is 3. The van der Waals surface area contributed by atoms with Crippen LogP contribution in [0.2, 0.25) is 0 Å². The number of nitrogens with one attached hydrogen (secondary N) is 2. The summed E-state index contributed by atoms with van der Waals surface area (Å²) in [6.07, 6.45) is 5.09. The second-order valence-corrected chi connectivity index (χ2v) is 6.67. The molecule has 0 spiro atoms. The molecule has 5 nitrogen and oxygen atoms in total. The quantitative estimate of drug-likeness (QED) is 0.312.